The van der Waals surface area contributed by atoms with Crippen molar-refractivity contribution < 1.29 is 19.8 Å². The summed E-state index contributed by atoms with van der Waals surface area (Å²) in [6.45, 7) is 3.41. The number of carbonyl (C=O) groups is 2. The third-order valence-electron chi connectivity index (χ3n) is 4.29. The first-order valence-corrected chi connectivity index (χ1v) is 7.44. The minimum Gasteiger partial charge on any atom is -0.481 e. The average Bonchev–Trinajstić information content (AvgIpc) is 3.23. The molecule has 1 unspecified atom stereocenters. The highest BCUT2D eigenvalue weighted by molar-refractivity contribution is 5.76. The maximum Gasteiger partial charge on any atom is 0.320 e. The van der Waals surface area contributed by atoms with E-state index < -0.39 is 5.97 Å². The lowest BCUT2D eigenvalue weighted by atomic mass is 9.92. The molecular formula is C14H24N2O4. The number of amides is 2. The van der Waals surface area contributed by atoms with Gasteiger partial charge in [-0.15, -0.1) is 0 Å². The number of hydrogen-bond donors (Lipinski definition) is 2. The summed E-state index contributed by atoms with van der Waals surface area (Å²) in [5.41, 5.74) is 0. The van der Waals surface area contributed by atoms with Crippen molar-refractivity contribution in [2.45, 2.75) is 51.2 Å². The monoisotopic (exact) mass is 284 g/mol. The highest BCUT2D eigenvalue weighted by atomic mass is 16.4. The molecule has 1 saturated heterocycles. The molecule has 2 aliphatic rings. The number of aliphatic carboxylic acids is 1. The maximum atomic E-state index is 12.5. The Kier molecular flexibility index (Phi) is 4.86. The molecule has 20 heavy (non-hydrogen) atoms. The molecule has 1 saturated carbocycles. The van der Waals surface area contributed by atoms with Gasteiger partial charge in [-0.05, 0) is 38.5 Å². The lowest BCUT2D eigenvalue weighted by molar-refractivity contribution is -0.137. The molecule has 2 N–H and O–H groups in total. The lowest BCUT2D eigenvalue weighted by Gasteiger charge is -2.36. The zero-order valence-corrected chi connectivity index (χ0v) is 12.0. The van der Waals surface area contributed by atoms with Crippen LogP contribution in [-0.4, -0.2) is 63.8 Å². The Balaban J connectivity index is 1.87. The molecule has 0 radical (unpaired) electrons. The molecule has 2 rings (SSSR count). The fourth-order valence-corrected chi connectivity index (χ4v) is 2.79. The number of likely N-dealkylation sites (tertiary alicyclic amines) is 1. The van der Waals surface area contributed by atoms with Crippen molar-refractivity contribution in [2.24, 2.45) is 5.92 Å². The summed E-state index contributed by atoms with van der Waals surface area (Å²) in [7, 11) is 0. The second-order valence-corrected chi connectivity index (χ2v) is 5.92. The van der Waals surface area contributed by atoms with Crippen LogP contribution in [0.15, 0.2) is 0 Å². The normalized spacial score (nSPS) is 21.6. The van der Waals surface area contributed by atoms with E-state index in [0.29, 0.717) is 19.6 Å². The van der Waals surface area contributed by atoms with E-state index in [4.69, 9.17) is 5.11 Å². The second-order valence-electron chi connectivity index (χ2n) is 5.92. The topological polar surface area (TPSA) is 81.1 Å². The summed E-state index contributed by atoms with van der Waals surface area (Å²) in [6.07, 6.45) is 3.29. The van der Waals surface area contributed by atoms with Gasteiger partial charge in [-0.1, -0.05) is 0 Å². The first-order valence-electron chi connectivity index (χ1n) is 7.44. The van der Waals surface area contributed by atoms with E-state index in [1.165, 1.54) is 0 Å². The van der Waals surface area contributed by atoms with Gasteiger partial charge in [0.05, 0.1) is 12.5 Å². The lowest BCUT2D eigenvalue weighted by Crippen LogP contribution is -2.49. The van der Waals surface area contributed by atoms with Crippen molar-refractivity contribution >= 4 is 12.0 Å². The van der Waals surface area contributed by atoms with Gasteiger partial charge in [-0.2, -0.15) is 0 Å². The van der Waals surface area contributed by atoms with Gasteiger partial charge in [0.2, 0.25) is 0 Å². The molecule has 6 nitrogen and oxygen atoms in total. The van der Waals surface area contributed by atoms with Crippen molar-refractivity contribution in [3.8, 4) is 0 Å². The maximum absolute atomic E-state index is 12.5. The van der Waals surface area contributed by atoms with Crippen molar-refractivity contribution in [1.29, 1.82) is 0 Å². The van der Waals surface area contributed by atoms with Crippen molar-refractivity contribution in [2.75, 3.05) is 19.6 Å². The predicted octanol–water partition coefficient (Wildman–Crippen LogP) is 1.14. The first-order chi connectivity index (χ1) is 9.49. The first kappa shape index (κ1) is 15.1. The van der Waals surface area contributed by atoms with Crippen LogP contribution in [0.1, 0.15) is 39.0 Å². The summed E-state index contributed by atoms with van der Waals surface area (Å²) in [5, 5.41) is 18.3. The van der Waals surface area contributed by atoms with E-state index in [1.54, 1.807) is 16.7 Å². The van der Waals surface area contributed by atoms with Crippen LogP contribution in [0, 0.1) is 5.92 Å². The minimum atomic E-state index is -0.865. The SMILES string of the molecule is CC(O)C1CCN(C(=O)N(CCC(=O)O)C2CC2)CC1. The van der Waals surface area contributed by atoms with Crippen LogP contribution in [0.25, 0.3) is 0 Å². The van der Waals surface area contributed by atoms with Crippen LogP contribution in [0.5, 0.6) is 0 Å². The number of nitrogens with zero attached hydrogens (tertiary/aromatic N) is 2. The van der Waals surface area contributed by atoms with Gasteiger partial charge >= 0.3 is 12.0 Å². The Labute approximate surface area is 119 Å². The molecule has 0 spiro atoms. The van der Waals surface area contributed by atoms with Crippen LogP contribution in [0.2, 0.25) is 0 Å². The Bertz CT molecular complexity index is 360. The number of urea groups is 1. The van der Waals surface area contributed by atoms with Gasteiger partial charge in [0.15, 0.2) is 0 Å². The van der Waals surface area contributed by atoms with Crippen molar-refractivity contribution in [3.05, 3.63) is 0 Å². The summed E-state index contributed by atoms with van der Waals surface area (Å²) in [6, 6.07) is 0.203. The van der Waals surface area contributed by atoms with E-state index in [0.717, 1.165) is 25.7 Å². The van der Waals surface area contributed by atoms with Gasteiger partial charge in [0.1, 0.15) is 0 Å². The Morgan fingerprint density at radius 3 is 2.30 bits per heavy atom. The van der Waals surface area contributed by atoms with Crippen LogP contribution < -0.4 is 0 Å². The molecule has 2 amide bonds. The number of carbonyl (C=O) groups excluding carboxylic acids is 1. The van der Waals surface area contributed by atoms with E-state index in [2.05, 4.69) is 0 Å². The Morgan fingerprint density at radius 1 is 1.25 bits per heavy atom. The molecule has 1 aliphatic heterocycles. The van der Waals surface area contributed by atoms with Crippen LogP contribution in [-0.2, 0) is 4.79 Å². The molecule has 1 heterocycles. The van der Waals surface area contributed by atoms with Crippen molar-refractivity contribution in [1.82, 2.24) is 9.80 Å². The van der Waals surface area contributed by atoms with Gasteiger partial charge < -0.3 is 20.0 Å². The highest BCUT2D eigenvalue weighted by Gasteiger charge is 2.36. The zero-order chi connectivity index (χ0) is 14.7. The molecule has 6 heteroatoms. The molecule has 0 bridgehead atoms. The summed E-state index contributed by atoms with van der Waals surface area (Å²) < 4.78 is 0. The van der Waals surface area contributed by atoms with Gasteiger partial charge in [-0.3, -0.25) is 4.79 Å². The van der Waals surface area contributed by atoms with Crippen LogP contribution >= 0.6 is 0 Å². The smallest absolute Gasteiger partial charge is 0.320 e. The number of piperidine rings is 1. The van der Waals surface area contributed by atoms with Gasteiger partial charge in [-0.25, -0.2) is 4.79 Å². The quantitative estimate of drug-likeness (QED) is 0.793. The second kappa shape index (κ2) is 6.43. The molecule has 0 aromatic heterocycles. The molecule has 0 aromatic rings. The number of carboxylic acid groups (broad SMARTS) is 1. The summed E-state index contributed by atoms with van der Waals surface area (Å²) >= 11 is 0. The third kappa shape index (κ3) is 3.85. The van der Waals surface area contributed by atoms with E-state index in [-0.39, 0.29) is 30.5 Å². The fraction of sp³-hybridized carbons (Fsp3) is 0.857. The molecule has 0 aromatic carbocycles. The molecule has 2 fully saturated rings. The minimum absolute atomic E-state index is 0.00633. The predicted molar refractivity (Wildman–Crippen MR) is 73.4 cm³/mol. The Morgan fingerprint density at radius 2 is 1.85 bits per heavy atom. The summed E-state index contributed by atoms with van der Waals surface area (Å²) in [5.74, 6) is -0.594. The summed E-state index contributed by atoms with van der Waals surface area (Å²) in [4.78, 5) is 26.7. The third-order valence-corrected chi connectivity index (χ3v) is 4.29. The number of carboxylic acids is 1. The highest BCUT2D eigenvalue weighted by Crippen LogP contribution is 2.29. The standard InChI is InChI=1S/C14H24N2O4/c1-10(17)11-4-7-15(8-5-11)14(20)16(12-2-3-12)9-6-13(18)19/h10-12,17H,2-9H2,1H3,(H,18,19). The van der Waals surface area contributed by atoms with Gasteiger partial charge in [0, 0.05) is 25.7 Å². The number of aliphatic hydroxyl groups excluding tert-OH is 1. The number of aliphatic hydroxyl groups is 1. The van der Waals surface area contributed by atoms with Gasteiger partial charge in [0.25, 0.3) is 0 Å². The van der Waals surface area contributed by atoms with Crippen LogP contribution in [0.4, 0.5) is 4.79 Å². The van der Waals surface area contributed by atoms with Crippen molar-refractivity contribution in [3.63, 3.8) is 0 Å². The molecule has 114 valence electrons. The number of rotatable bonds is 5. The van der Waals surface area contributed by atoms with E-state index in [9.17, 15) is 14.7 Å². The molecule has 1 atom stereocenters. The van der Waals surface area contributed by atoms with E-state index >= 15 is 0 Å². The average molecular weight is 284 g/mol. The van der Waals surface area contributed by atoms with Crippen LogP contribution in [0.3, 0.4) is 0 Å². The molecule has 1 aliphatic carbocycles. The zero-order valence-electron chi connectivity index (χ0n) is 12.0. The number of hydrogen-bond acceptors (Lipinski definition) is 3. The molecular weight excluding hydrogens is 260 g/mol. The largest absolute Gasteiger partial charge is 0.481 e. The fourth-order valence-electron chi connectivity index (χ4n) is 2.79. The Hall–Kier alpha value is -1.30. The van der Waals surface area contributed by atoms with E-state index in [1.807, 2.05) is 0 Å².